The van der Waals surface area contributed by atoms with Crippen LogP contribution in [0.15, 0.2) is 59.8 Å². The van der Waals surface area contributed by atoms with E-state index in [9.17, 15) is 14.4 Å². The van der Waals surface area contributed by atoms with Crippen LogP contribution in [-0.2, 0) is 9.53 Å². The van der Waals surface area contributed by atoms with Gasteiger partial charge in [0.15, 0.2) is 0 Å². The third-order valence-corrected chi connectivity index (χ3v) is 6.95. The number of piperazine rings is 1. The van der Waals surface area contributed by atoms with Gasteiger partial charge in [-0.15, -0.1) is 0 Å². The highest BCUT2D eigenvalue weighted by Crippen LogP contribution is 2.32. The first kappa shape index (κ1) is 25.7. The molecule has 190 valence electrons. The van der Waals surface area contributed by atoms with E-state index in [1.54, 1.807) is 43.1 Å². The van der Waals surface area contributed by atoms with Gasteiger partial charge in [-0.05, 0) is 31.5 Å². The molecule has 9 heteroatoms. The molecule has 0 saturated carbocycles. The largest absolute Gasteiger partial charge is 0.463 e. The van der Waals surface area contributed by atoms with Crippen LogP contribution < -0.4 is 5.32 Å². The Morgan fingerprint density at radius 2 is 1.72 bits per heavy atom. The fraction of sp³-hybridized carbons (Fsp3) is 0.370. The molecule has 2 aromatic carbocycles. The van der Waals surface area contributed by atoms with Crippen LogP contribution in [0, 0.1) is 6.92 Å². The first-order valence-electron chi connectivity index (χ1n) is 12.1. The van der Waals surface area contributed by atoms with Gasteiger partial charge < -0.3 is 15.0 Å². The summed E-state index contributed by atoms with van der Waals surface area (Å²) < 4.78 is 5.41. The number of nitrogens with one attached hydrogen (secondary N) is 1. The molecule has 0 aliphatic carbocycles. The van der Waals surface area contributed by atoms with Crippen LogP contribution in [-0.4, -0.2) is 79.0 Å². The Kier molecular flexibility index (Phi) is 7.96. The molecule has 2 aliphatic heterocycles. The number of halogens is 1. The van der Waals surface area contributed by atoms with Crippen LogP contribution in [0.25, 0.3) is 0 Å². The molecule has 1 fully saturated rings. The highest BCUT2D eigenvalue weighted by molar-refractivity contribution is 6.33. The molecule has 0 aromatic heterocycles. The molecule has 0 unspecified atom stereocenters. The van der Waals surface area contributed by atoms with Gasteiger partial charge in [-0.1, -0.05) is 53.6 Å². The SMILES string of the molecule is CCOC(=O)C1=C(CN2CCN(C(=O)c3ccccc3Cl)CC2)N(C)C(=O)N[C@H]1c1ccc(C)cc1. The number of amides is 3. The molecule has 0 bridgehead atoms. The number of urea groups is 1. The maximum Gasteiger partial charge on any atom is 0.338 e. The monoisotopic (exact) mass is 510 g/mol. The fourth-order valence-corrected chi connectivity index (χ4v) is 4.75. The number of carbonyl (C=O) groups is 3. The zero-order valence-corrected chi connectivity index (χ0v) is 21.5. The quantitative estimate of drug-likeness (QED) is 0.600. The maximum absolute atomic E-state index is 13.1. The summed E-state index contributed by atoms with van der Waals surface area (Å²) in [6.07, 6.45) is 0. The molecule has 2 heterocycles. The first-order valence-corrected chi connectivity index (χ1v) is 12.4. The smallest absolute Gasteiger partial charge is 0.338 e. The van der Waals surface area contributed by atoms with Crippen LogP contribution in [0.4, 0.5) is 4.79 Å². The lowest BCUT2D eigenvalue weighted by atomic mass is 9.93. The second kappa shape index (κ2) is 11.1. The summed E-state index contributed by atoms with van der Waals surface area (Å²) in [5.41, 5.74) is 3.43. The lowest BCUT2D eigenvalue weighted by molar-refractivity contribution is -0.139. The summed E-state index contributed by atoms with van der Waals surface area (Å²) in [4.78, 5) is 44.4. The molecule has 3 amide bonds. The van der Waals surface area contributed by atoms with Crippen molar-refractivity contribution in [1.29, 1.82) is 0 Å². The Balaban J connectivity index is 1.57. The number of hydrogen-bond donors (Lipinski definition) is 1. The normalized spacial score (nSPS) is 18.8. The van der Waals surface area contributed by atoms with Crippen molar-refractivity contribution >= 4 is 29.5 Å². The Morgan fingerprint density at radius 1 is 1.06 bits per heavy atom. The number of rotatable bonds is 6. The summed E-state index contributed by atoms with van der Waals surface area (Å²) >= 11 is 6.22. The minimum Gasteiger partial charge on any atom is -0.463 e. The second-order valence-electron chi connectivity index (χ2n) is 8.98. The van der Waals surface area contributed by atoms with E-state index >= 15 is 0 Å². The molecule has 1 saturated heterocycles. The number of aryl methyl sites for hydroxylation is 1. The fourth-order valence-electron chi connectivity index (χ4n) is 4.53. The van der Waals surface area contributed by atoms with Crippen molar-refractivity contribution in [3.63, 3.8) is 0 Å². The van der Waals surface area contributed by atoms with Crippen molar-refractivity contribution in [3.8, 4) is 0 Å². The van der Waals surface area contributed by atoms with Gasteiger partial charge in [0.05, 0.1) is 28.8 Å². The Labute approximate surface area is 216 Å². The molecular weight excluding hydrogens is 480 g/mol. The molecule has 36 heavy (non-hydrogen) atoms. The van der Waals surface area contributed by atoms with Crippen molar-refractivity contribution in [2.45, 2.75) is 19.9 Å². The number of esters is 1. The van der Waals surface area contributed by atoms with E-state index in [1.807, 2.05) is 31.2 Å². The zero-order chi connectivity index (χ0) is 25.8. The van der Waals surface area contributed by atoms with E-state index in [-0.39, 0.29) is 18.5 Å². The number of nitrogens with zero attached hydrogens (tertiary/aromatic N) is 3. The minimum absolute atomic E-state index is 0.0970. The van der Waals surface area contributed by atoms with Crippen molar-refractivity contribution in [3.05, 3.63) is 81.5 Å². The number of carbonyl (C=O) groups excluding carboxylic acids is 3. The van der Waals surface area contributed by atoms with Gasteiger partial charge in [-0.3, -0.25) is 14.6 Å². The van der Waals surface area contributed by atoms with Crippen LogP contribution >= 0.6 is 11.6 Å². The molecule has 0 spiro atoms. The summed E-state index contributed by atoms with van der Waals surface area (Å²) in [5, 5.41) is 3.38. The predicted molar refractivity (Wildman–Crippen MR) is 138 cm³/mol. The van der Waals surface area contributed by atoms with Crippen molar-refractivity contribution in [1.82, 2.24) is 20.0 Å². The average molecular weight is 511 g/mol. The lowest BCUT2D eigenvalue weighted by Gasteiger charge is -2.39. The van der Waals surface area contributed by atoms with Crippen LogP contribution in [0.5, 0.6) is 0 Å². The van der Waals surface area contributed by atoms with Crippen LogP contribution in [0.3, 0.4) is 0 Å². The number of hydrogen-bond acceptors (Lipinski definition) is 5. The Hall–Kier alpha value is -3.36. The average Bonchev–Trinajstić information content (AvgIpc) is 2.87. The van der Waals surface area contributed by atoms with E-state index in [0.29, 0.717) is 54.6 Å². The number of ether oxygens (including phenoxy) is 1. The van der Waals surface area contributed by atoms with Gasteiger partial charge in [0.2, 0.25) is 0 Å². The molecule has 0 radical (unpaired) electrons. The summed E-state index contributed by atoms with van der Waals surface area (Å²) in [6, 6.07) is 13.9. The van der Waals surface area contributed by atoms with E-state index in [1.165, 1.54) is 4.90 Å². The van der Waals surface area contributed by atoms with Gasteiger partial charge in [-0.25, -0.2) is 9.59 Å². The maximum atomic E-state index is 13.1. The van der Waals surface area contributed by atoms with Crippen molar-refractivity contribution < 1.29 is 19.1 Å². The third kappa shape index (κ3) is 5.39. The molecule has 2 aliphatic rings. The molecule has 4 rings (SSSR count). The van der Waals surface area contributed by atoms with Gasteiger partial charge in [-0.2, -0.15) is 0 Å². The second-order valence-corrected chi connectivity index (χ2v) is 9.39. The van der Waals surface area contributed by atoms with Crippen LogP contribution in [0.1, 0.15) is 34.5 Å². The van der Waals surface area contributed by atoms with Crippen molar-refractivity contribution in [2.75, 3.05) is 46.4 Å². The summed E-state index contributed by atoms with van der Waals surface area (Å²) in [5.74, 6) is -0.544. The molecule has 8 nitrogen and oxygen atoms in total. The van der Waals surface area contributed by atoms with E-state index in [0.717, 1.165) is 11.1 Å². The van der Waals surface area contributed by atoms with Crippen molar-refractivity contribution in [2.24, 2.45) is 0 Å². The summed E-state index contributed by atoms with van der Waals surface area (Å²) in [6.45, 7) is 6.60. The Bertz CT molecular complexity index is 1170. The summed E-state index contributed by atoms with van der Waals surface area (Å²) in [7, 11) is 1.66. The third-order valence-electron chi connectivity index (χ3n) is 6.62. The van der Waals surface area contributed by atoms with Gasteiger partial charge in [0.1, 0.15) is 0 Å². The molecular formula is C27H31ClN4O4. The number of benzene rings is 2. The topological polar surface area (TPSA) is 82.2 Å². The van der Waals surface area contributed by atoms with Gasteiger partial charge in [0.25, 0.3) is 5.91 Å². The van der Waals surface area contributed by atoms with E-state index in [2.05, 4.69) is 10.2 Å². The Morgan fingerprint density at radius 3 is 2.36 bits per heavy atom. The van der Waals surface area contributed by atoms with Crippen LogP contribution in [0.2, 0.25) is 5.02 Å². The van der Waals surface area contributed by atoms with E-state index in [4.69, 9.17) is 16.3 Å². The van der Waals surface area contributed by atoms with Gasteiger partial charge >= 0.3 is 12.0 Å². The standard InChI is InChI=1S/C27H31ClN4O4/c1-4-36-26(34)23-22(30(3)27(35)29-24(23)19-11-9-18(2)10-12-19)17-31-13-15-32(16-14-31)25(33)20-7-5-6-8-21(20)28/h5-12,24H,4,13-17H2,1-3H3,(H,29,35)/t24-/m0/s1. The highest BCUT2D eigenvalue weighted by atomic mass is 35.5. The minimum atomic E-state index is -0.605. The lowest BCUT2D eigenvalue weighted by Crippen LogP contribution is -2.53. The predicted octanol–water partition coefficient (Wildman–Crippen LogP) is 3.62. The number of likely N-dealkylation sites (N-methyl/N-ethyl adjacent to an activating group) is 1. The van der Waals surface area contributed by atoms with Gasteiger partial charge in [0, 0.05) is 45.5 Å². The molecule has 1 atom stereocenters. The molecule has 2 aromatic rings. The first-order chi connectivity index (χ1) is 17.3. The zero-order valence-electron chi connectivity index (χ0n) is 20.8. The molecule has 1 N–H and O–H groups in total. The van der Waals surface area contributed by atoms with E-state index < -0.39 is 12.0 Å². The highest BCUT2D eigenvalue weighted by Gasteiger charge is 2.37.